The molecule has 1 aromatic carbocycles. The first-order valence-electron chi connectivity index (χ1n) is 10.1. The van der Waals surface area contributed by atoms with E-state index in [-0.39, 0.29) is 12.0 Å². The molecule has 2 aromatic heterocycles. The van der Waals surface area contributed by atoms with Crippen molar-refractivity contribution in [3.05, 3.63) is 64.4 Å². The zero-order chi connectivity index (χ0) is 21.8. The highest BCUT2D eigenvalue weighted by Crippen LogP contribution is 2.37. The van der Waals surface area contributed by atoms with E-state index in [9.17, 15) is 9.59 Å². The lowest BCUT2D eigenvalue weighted by Gasteiger charge is -2.13. The molecule has 1 unspecified atom stereocenters. The van der Waals surface area contributed by atoms with Crippen LogP contribution in [0.2, 0.25) is 0 Å². The number of furan rings is 1. The Morgan fingerprint density at radius 3 is 2.40 bits per heavy atom. The third-order valence-corrected chi connectivity index (χ3v) is 5.97. The van der Waals surface area contributed by atoms with Gasteiger partial charge in [0.1, 0.15) is 16.3 Å². The second kappa shape index (κ2) is 9.30. The molecule has 30 heavy (non-hydrogen) atoms. The van der Waals surface area contributed by atoms with Crippen molar-refractivity contribution in [1.82, 2.24) is 0 Å². The number of nitrogens with one attached hydrogen (secondary N) is 1. The normalized spacial score (nSPS) is 12.1. The second-order valence-electron chi connectivity index (χ2n) is 7.58. The maximum Gasteiger partial charge on any atom is 0.342 e. The number of carbonyl (C=O) groups excluding carboxylic acids is 2. The van der Waals surface area contributed by atoms with Crippen LogP contribution in [0, 0.1) is 6.92 Å². The summed E-state index contributed by atoms with van der Waals surface area (Å²) in [5.41, 5.74) is 3.73. The minimum Gasteiger partial charge on any atom is -0.469 e. The number of hydrogen-bond acceptors (Lipinski definition) is 5. The zero-order valence-corrected chi connectivity index (χ0v) is 18.8. The van der Waals surface area contributed by atoms with Crippen LogP contribution >= 0.6 is 11.3 Å². The molecule has 0 saturated carbocycles. The fourth-order valence-electron chi connectivity index (χ4n) is 3.16. The number of esters is 1. The van der Waals surface area contributed by atoms with E-state index in [2.05, 4.69) is 31.3 Å². The minimum absolute atomic E-state index is 0.266. The van der Waals surface area contributed by atoms with E-state index >= 15 is 0 Å². The third-order valence-electron chi connectivity index (χ3n) is 5.07. The Kier molecular flexibility index (Phi) is 6.77. The number of aryl methyl sites for hydroxylation is 1. The van der Waals surface area contributed by atoms with Crippen molar-refractivity contribution < 1.29 is 18.7 Å². The van der Waals surface area contributed by atoms with Gasteiger partial charge in [0.25, 0.3) is 5.91 Å². The lowest BCUT2D eigenvalue weighted by Crippen LogP contribution is -2.17. The Balaban J connectivity index is 1.98. The minimum atomic E-state index is -0.452. The molecule has 2 heterocycles. The SMILES string of the molecule is CCC(C)c1ccc(-c2csc(NC(=O)c3ccoc3C)c2C(=O)OC(C)C)cc1. The van der Waals surface area contributed by atoms with Gasteiger partial charge in [-0.05, 0) is 50.3 Å². The summed E-state index contributed by atoms with van der Waals surface area (Å²) >= 11 is 1.31. The number of ether oxygens (including phenoxy) is 1. The highest BCUT2D eigenvalue weighted by atomic mass is 32.1. The summed E-state index contributed by atoms with van der Waals surface area (Å²) in [5, 5.41) is 5.20. The molecule has 0 saturated heterocycles. The van der Waals surface area contributed by atoms with Crippen LogP contribution in [-0.4, -0.2) is 18.0 Å². The van der Waals surface area contributed by atoms with E-state index in [4.69, 9.17) is 9.15 Å². The van der Waals surface area contributed by atoms with Gasteiger partial charge >= 0.3 is 5.97 Å². The molecule has 3 rings (SSSR count). The largest absolute Gasteiger partial charge is 0.469 e. The molecule has 1 atom stereocenters. The van der Waals surface area contributed by atoms with Crippen LogP contribution in [0.25, 0.3) is 11.1 Å². The van der Waals surface area contributed by atoms with Crippen LogP contribution in [0.1, 0.15) is 72.1 Å². The van der Waals surface area contributed by atoms with Crippen molar-refractivity contribution in [2.24, 2.45) is 0 Å². The van der Waals surface area contributed by atoms with E-state index in [1.165, 1.54) is 23.2 Å². The average Bonchev–Trinajstić information content (AvgIpc) is 3.33. The van der Waals surface area contributed by atoms with Gasteiger partial charge in [0.05, 0.1) is 17.9 Å². The molecule has 0 aliphatic rings. The molecule has 6 heteroatoms. The van der Waals surface area contributed by atoms with E-state index in [0.29, 0.717) is 27.8 Å². The Morgan fingerprint density at radius 2 is 1.83 bits per heavy atom. The first kappa shape index (κ1) is 21.8. The Hall–Kier alpha value is -2.86. The van der Waals surface area contributed by atoms with E-state index < -0.39 is 5.97 Å². The van der Waals surface area contributed by atoms with Crippen molar-refractivity contribution >= 4 is 28.2 Å². The van der Waals surface area contributed by atoms with E-state index in [0.717, 1.165) is 17.5 Å². The van der Waals surface area contributed by atoms with Crippen molar-refractivity contribution in [3.63, 3.8) is 0 Å². The van der Waals surface area contributed by atoms with Crippen LogP contribution in [0.4, 0.5) is 5.00 Å². The first-order valence-corrected chi connectivity index (χ1v) is 11.0. The zero-order valence-electron chi connectivity index (χ0n) is 17.9. The molecule has 5 nitrogen and oxygen atoms in total. The van der Waals surface area contributed by atoms with Gasteiger partial charge in [0.2, 0.25) is 0 Å². The smallest absolute Gasteiger partial charge is 0.342 e. The van der Waals surface area contributed by atoms with Gasteiger partial charge < -0.3 is 14.5 Å². The van der Waals surface area contributed by atoms with E-state index in [1.54, 1.807) is 26.8 Å². The Morgan fingerprint density at radius 1 is 1.13 bits per heavy atom. The number of rotatable bonds is 7. The van der Waals surface area contributed by atoms with Gasteiger partial charge in [0.15, 0.2) is 0 Å². The van der Waals surface area contributed by atoms with Crippen LogP contribution < -0.4 is 5.32 Å². The quantitative estimate of drug-likeness (QED) is 0.430. The molecule has 0 bridgehead atoms. The summed E-state index contributed by atoms with van der Waals surface area (Å²) in [4.78, 5) is 25.6. The highest BCUT2D eigenvalue weighted by molar-refractivity contribution is 7.15. The number of hydrogen-bond donors (Lipinski definition) is 1. The van der Waals surface area contributed by atoms with Gasteiger partial charge in [-0.15, -0.1) is 11.3 Å². The number of benzene rings is 1. The number of carbonyl (C=O) groups is 2. The average molecular weight is 426 g/mol. The summed E-state index contributed by atoms with van der Waals surface area (Å²) in [6.07, 6.45) is 2.27. The third kappa shape index (κ3) is 4.65. The summed E-state index contributed by atoms with van der Waals surface area (Å²) < 4.78 is 10.7. The maximum absolute atomic E-state index is 12.9. The van der Waals surface area contributed by atoms with Gasteiger partial charge in [-0.1, -0.05) is 38.1 Å². The lowest BCUT2D eigenvalue weighted by molar-refractivity contribution is 0.0380. The van der Waals surface area contributed by atoms with Gasteiger partial charge in [0, 0.05) is 10.9 Å². The van der Waals surface area contributed by atoms with Crippen LogP contribution in [0.15, 0.2) is 46.4 Å². The summed E-state index contributed by atoms with van der Waals surface area (Å²) in [6.45, 7) is 9.68. The van der Waals surface area contributed by atoms with Gasteiger partial charge in [-0.2, -0.15) is 0 Å². The molecule has 0 fully saturated rings. The van der Waals surface area contributed by atoms with Crippen LogP contribution in [0.3, 0.4) is 0 Å². The summed E-state index contributed by atoms with van der Waals surface area (Å²) in [5.74, 6) is 0.225. The molecular formula is C24H27NO4S. The molecule has 0 aliphatic heterocycles. The standard InChI is InChI=1S/C24H27NO4S/c1-6-15(4)17-7-9-18(10-8-17)20-13-30-23(21(20)24(27)29-14(2)3)25-22(26)19-11-12-28-16(19)5/h7-15H,6H2,1-5H3,(H,25,26). The van der Waals surface area contributed by atoms with Crippen LogP contribution in [-0.2, 0) is 4.74 Å². The predicted molar refractivity (Wildman–Crippen MR) is 120 cm³/mol. The van der Waals surface area contributed by atoms with Crippen molar-refractivity contribution in [2.45, 2.75) is 53.1 Å². The fourth-order valence-corrected chi connectivity index (χ4v) is 4.11. The highest BCUT2D eigenvalue weighted by Gasteiger charge is 2.25. The predicted octanol–water partition coefficient (Wildman–Crippen LogP) is 6.65. The van der Waals surface area contributed by atoms with E-state index in [1.807, 2.05) is 17.5 Å². The molecule has 0 radical (unpaired) electrons. The molecule has 3 aromatic rings. The molecule has 1 amide bonds. The molecule has 0 spiro atoms. The lowest BCUT2D eigenvalue weighted by atomic mass is 9.95. The maximum atomic E-state index is 12.9. The summed E-state index contributed by atoms with van der Waals surface area (Å²) in [7, 11) is 0. The molecule has 158 valence electrons. The Bertz CT molecular complexity index is 1030. The van der Waals surface area contributed by atoms with Gasteiger partial charge in [-0.3, -0.25) is 4.79 Å². The number of anilines is 1. The number of amides is 1. The fraction of sp³-hybridized carbons (Fsp3) is 0.333. The Labute approximate surface area is 181 Å². The van der Waals surface area contributed by atoms with Crippen molar-refractivity contribution in [1.29, 1.82) is 0 Å². The topological polar surface area (TPSA) is 68.5 Å². The van der Waals surface area contributed by atoms with Crippen LogP contribution in [0.5, 0.6) is 0 Å². The monoisotopic (exact) mass is 425 g/mol. The van der Waals surface area contributed by atoms with Crippen molar-refractivity contribution in [3.8, 4) is 11.1 Å². The first-order chi connectivity index (χ1) is 14.3. The molecule has 0 aliphatic carbocycles. The molecular weight excluding hydrogens is 398 g/mol. The number of thiophene rings is 1. The van der Waals surface area contributed by atoms with Crippen molar-refractivity contribution in [2.75, 3.05) is 5.32 Å². The second-order valence-corrected chi connectivity index (χ2v) is 8.46. The summed E-state index contributed by atoms with van der Waals surface area (Å²) in [6, 6.07) is 9.82. The molecule has 1 N–H and O–H groups in total. The van der Waals surface area contributed by atoms with Gasteiger partial charge in [-0.25, -0.2) is 4.79 Å².